The van der Waals surface area contributed by atoms with Crippen molar-refractivity contribution in [2.75, 3.05) is 6.61 Å². The maximum absolute atomic E-state index is 11.0. The van der Waals surface area contributed by atoms with Crippen molar-refractivity contribution in [3.8, 4) is 0 Å². The maximum atomic E-state index is 11.0. The van der Waals surface area contributed by atoms with Gasteiger partial charge in [0.2, 0.25) is 0 Å². The van der Waals surface area contributed by atoms with E-state index in [0.717, 1.165) is 0 Å². The Morgan fingerprint density at radius 2 is 1.71 bits per heavy atom. The first-order valence-electron chi connectivity index (χ1n) is 4.56. The number of hydrogen-bond acceptors (Lipinski definition) is 6. The van der Waals surface area contributed by atoms with Crippen LogP contribution in [0.3, 0.4) is 0 Å². The summed E-state index contributed by atoms with van der Waals surface area (Å²) in [6.07, 6.45) is -0.752. The molecule has 0 aromatic carbocycles. The third kappa shape index (κ3) is 13.8. The van der Waals surface area contributed by atoms with E-state index in [1.54, 1.807) is 0 Å². The van der Waals surface area contributed by atoms with Crippen molar-refractivity contribution < 1.29 is 62.5 Å². The second-order valence-corrected chi connectivity index (χ2v) is 4.48. The van der Waals surface area contributed by atoms with Gasteiger partial charge in [-0.15, -0.1) is 0 Å². The summed E-state index contributed by atoms with van der Waals surface area (Å²) < 4.78 is 36.7. The largest absolute Gasteiger partial charge is 1.00 e. The average molecular weight is 278 g/mol. The topological polar surface area (TPSA) is 107 Å². The molecule has 0 aliphatic rings. The molecule has 96 valence electrons. The van der Waals surface area contributed by atoms with E-state index in [9.17, 15) is 18.0 Å². The van der Waals surface area contributed by atoms with Crippen LogP contribution in [-0.4, -0.2) is 31.5 Å². The van der Waals surface area contributed by atoms with Gasteiger partial charge in [-0.1, -0.05) is 13.8 Å². The Hall–Kier alpha value is -0.150. The molecule has 0 saturated carbocycles. The second kappa shape index (κ2) is 8.87. The number of ether oxygens (including phenoxy) is 1. The maximum Gasteiger partial charge on any atom is 1.00 e. The van der Waals surface area contributed by atoms with Crippen molar-refractivity contribution in [2.45, 2.75) is 26.7 Å². The molecule has 0 unspecified atom stereocenters. The van der Waals surface area contributed by atoms with Crippen molar-refractivity contribution in [3.63, 3.8) is 0 Å². The van der Waals surface area contributed by atoms with Crippen LogP contribution in [0.5, 0.6) is 0 Å². The van der Waals surface area contributed by atoms with Gasteiger partial charge in [0.05, 0.1) is 19.4 Å². The quantitative estimate of drug-likeness (QED) is 0.323. The van der Waals surface area contributed by atoms with Gasteiger partial charge in [0.1, 0.15) is 0 Å². The van der Waals surface area contributed by atoms with Crippen molar-refractivity contribution in [1.29, 1.82) is 0 Å². The molecule has 0 heterocycles. The summed E-state index contributed by atoms with van der Waals surface area (Å²) in [7, 11) is -4.80. The van der Waals surface area contributed by atoms with Crippen LogP contribution >= 0.6 is 0 Å². The Labute approximate surface area is 124 Å². The molecule has 0 spiro atoms. The zero-order chi connectivity index (χ0) is 12.8. The average Bonchev–Trinajstić information content (AvgIpc) is 2.08. The summed E-state index contributed by atoms with van der Waals surface area (Å²) in [5, 5.41) is 0. The molecule has 0 aromatic rings. The number of carbonyl (C=O) groups is 2. The van der Waals surface area contributed by atoms with Gasteiger partial charge in [0.15, 0.2) is 0 Å². The molecule has 0 rings (SSSR count). The first-order chi connectivity index (χ1) is 7.20. The Morgan fingerprint density at radius 1 is 1.24 bits per heavy atom. The third-order valence-corrected chi connectivity index (χ3v) is 1.71. The number of esters is 1. The minimum absolute atomic E-state index is 0. The predicted molar refractivity (Wildman–Crippen MR) is 53.8 cm³/mol. The Bertz CT molecular complexity index is 354. The van der Waals surface area contributed by atoms with Gasteiger partial charge >= 0.3 is 51.9 Å². The molecule has 7 nitrogen and oxygen atoms in total. The van der Waals surface area contributed by atoms with Crippen LogP contribution in [0.15, 0.2) is 0 Å². The van der Waals surface area contributed by atoms with Crippen LogP contribution in [0.1, 0.15) is 28.1 Å². The first-order valence-corrected chi connectivity index (χ1v) is 5.92. The molecule has 0 amide bonds. The van der Waals surface area contributed by atoms with Gasteiger partial charge in [-0.3, -0.25) is 14.1 Å². The van der Waals surface area contributed by atoms with E-state index >= 15 is 0 Å². The van der Waals surface area contributed by atoms with Gasteiger partial charge in [0.25, 0.3) is 0 Å². The molecule has 0 aliphatic carbocycles. The van der Waals surface area contributed by atoms with Crippen LogP contribution in [-0.2, 0) is 28.9 Å². The molecule has 9 heteroatoms. The summed E-state index contributed by atoms with van der Waals surface area (Å²) in [5.41, 5.74) is 0. The Kier molecular flexibility index (Phi) is 10.0. The Balaban J connectivity index is -0.00000112. The molecule has 0 saturated heterocycles. The SMILES string of the molecule is CC(C)COC(=O)CCC(=O)OS(=O)(=O)O.[H-].[Na+]. The molecule has 17 heavy (non-hydrogen) atoms. The summed E-state index contributed by atoms with van der Waals surface area (Å²) in [5.74, 6) is -1.65. The first kappa shape index (κ1) is 19.2. The van der Waals surface area contributed by atoms with Crippen molar-refractivity contribution >= 4 is 22.3 Å². The fraction of sp³-hybridized carbons (Fsp3) is 0.750. The van der Waals surface area contributed by atoms with Gasteiger partial charge in [0, 0.05) is 0 Å². The molecule has 0 atom stereocenters. The molecule has 1 N–H and O–H groups in total. The van der Waals surface area contributed by atoms with E-state index in [4.69, 9.17) is 9.29 Å². The number of hydrogen-bond donors (Lipinski definition) is 1. The van der Waals surface area contributed by atoms with Crippen molar-refractivity contribution in [2.24, 2.45) is 5.92 Å². The van der Waals surface area contributed by atoms with E-state index in [2.05, 4.69) is 4.18 Å². The van der Waals surface area contributed by atoms with E-state index in [1.807, 2.05) is 13.8 Å². The fourth-order valence-electron chi connectivity index (χ4n) is 0.695. The van der Waals surface area contributed by atoms with Crippen LogP contribution in [0, 0.1) is 5.92 Å². The monoisotopic (exact) mass is 278 g/mol. The van der Waals surface area contributed by atoms with Crippen LogP contribution in [0.2, 0.25) is 0 Å². The van der Waals surface area contributed by atoms with Gasteiger partial charge in [-0.2, -0.15) is 8.42 Å². The Morgan fingerprint density at radius 3 is 2.12 bits per heavy atom. The number of carbonyl (C=O) groups excluding carboxylic acids is 2. The smallest absolute Gasteiger partial charge is 1.00 e. The molecular formula is C8H15NaO7S. The molecular weight excluding hydrogens is 263 g/mol. The minimum atomic E-state index is -4.80. The third-order valence-electron chi connectivity index (χ3n) is 1.31. The standard InChI is InChI=1S/C8H14O7S.Na.H/c1-6(2)5-14-7(9)3-4-8(10)15-16(11,12)13;;/h6H,3-5H2,1-2H3,(H,11,12,13);;/q;+1;-1. The summed E-state index contributed by atoms with van der Waals surface area (Å²) in [4.78, 5) is 21.7. The summed E-state index contributed by atoms with van der Waals surface area (Å²) >= 11 is 0. The van der Waals surface area contributed by atoms with E-state index < -0.39 is 28.8 Å². The zero-order valence-corrected chi connectivity index (χ0v) is 12.8. The van der Waals surface area contributed by atoms with E-state index in [1.165, 1.54) is 0 Å². The van der Waals surface area contributed by atoms with Gasteiger partial charge in [-0.25, -0.2) is 0 Å². The van der Waals surface area contributed by atoms with Crippen LogP contribution < -0.4 is 29.6 Å². The molecule has 0 aromatic heterocycles. The predicted octanol–water partition coefficient (Wildman–Crippen LogP) is -2.57. The van der Waals surface area contributed by atoms with E-state index in [-0.39, 0.29) is 49.9 Å². The van der Waals surface area contributed by atoms with Gasteiger partial charge < -0.3 is 10.3 Å². The van der Waals surface area contributed by atoms with Crippen molar-refractivity contribution in [3.05, 3.63) is 0 Å². The molecule has 0 aliphatic heterocycles. The van der Waals surface area contributed by atoms with E-state index in [0.29, 0.717) is 0 Å². The number of rotatable bonds is 6. The molecule has 0 bridgehead atoms. The van der Waals surface area contributed by atoms with Crippen LogP contribution in [0.4, 0.5) is 0 Å². The molecule has 0 fully saturated rings. The van der Waals surface area contributed by atoms with Gasteiger partial charge in [-0.05, 0) is 5.92 Å². The normalized spacial score (nSPS) is 10.6. The fourth-order valence-corrected chi connectivity index (χ4v) is 1.01. The zero-order valence-electron chi connectivity index (χ0n) is 11.0. The summed E-state index contributed by atoms with van der Waals surface area (Å²) in [6, 6.07) is 0. The summed E-state index contributed by atoms with van der Waals surface area (Å²) in [6.45, 7) is 3.92. The second-order valence-electron chi connectivity index (χ2n) is 3.46. The van der Waals surface area contributed by atoms with Crippen molar-refractivity contribution in [1.82, 2.24) is 0 Å². The minimum Gasteiger partial charge on any atom is -1.00 e. The van der Waals surface area contributed by atoms with Crippen LogP contribution in [0.25, 0.3) is 0 Å². The molecule has 0 radical (unpaired) electrons.